The second-order valence-electron chi connectivity index (χ2n) is 8.89. The molecule has 1 aliphatic carbocycles. The molecule has 0 amide bonds. The predicted octanol–water partition coefficient (Wildman–Crippen LogP) is 1.59. The second kappa shape index (κ2) is 8.60. The molecule has 0 spiro atoms. The van der Waals surface area contributed by atoms with Crippen molar-refractivity contribution >= 4 is 35.3 Å². The van der Waals surface area contributed by atoms with Crippen molar-refractivity contribution in [1.82, 2.24) is 19.8 Å². The Bertz CT molecular complexity index is 1280. The van der Waals surface area contributed by atoms with E-state index in [0.717, 1.165) is 37.7 Å². The standard InChI is InChI=1S/C23H25FN6O2S/c24-16-11-27-19-3-4-20(31)30-13-23(32,21(16)22(19)30)12-29-7-5-15(6-8-29)26-10-14-1-2-18(28-33)17(25)9-14/h1-4,9,11,15,25-26,32-33H,5-8,10,12-13H2/b25-17?,28-18-/t23-/m0/s1. The number of hydrogen-bond acceptors (Lipinski definition) is 8. The fraction of sp³-hybridized carbons (Fsp3) is 0.391. The van der Waals surface area contributed by atoms with E-state index in [1.807, 2.05) is 6.08 Å². The van der Waals surface area contributed by atoms with Crippen molar-refractivity contribution < 1.29 is 9.50 Å². The lowest BCUT2D eigenvalue weighted by molar-refractivity contribution is -0.0158. The molecule has 5 rings (SSSR count). The highest BCUT2D eigenvalue weighted by Gasteiger charge is 2.43. The number of β-amino-alcohol motifs (C(OH)–C–C–N with tert-alkyl or cyclic N) is 1. The number of thiol groups is 1. The lowest BCUT2D eigenvalue weighted by Gasteiger charge is -2.37. The van der Waals surface area contributed by atoms with E-state index in [1.165, 1.54) is 10.6 Å². The van der Waals surface area contributed by atoms with Crippen LogP contribution >= 0.6 is 12.8 Å². The van der Waals surface area contributed by atoms with Crippen molar-refractivity contribution in [3.05, 3.63) is 63.9 Å². The molecule has 2 aliphatic heterocycles. The minimum Gasteiger partial charge on any atom is -0.382 e. The van der Waals surface area contributed by atoms with Crippen molar-refractivity contribution in [1.29, 1.82) is 5.41 Å². The van der Waals surface area contributed by atoms with Gasteiger partial charge in [0.25, 0.3) is 5.56 Å². The summed E-state index contributed by atoms with van der Waals surface area (Å²) in [6.45, 7) is 2.45. The number of likely N-dealkylation sites (tertiary alicyclic amines) is 1. The molecule has 2 aromatic rings. The Morgan fingerprint density at radius 3 is 2.85 bits per heavy atom. The predicted molar refractivity (Wildman–Crippen MR) is 129 cm³/mol. The molecule has 4 heterocycles. The van der Waals surface area contributed by atoms with Gasteiger partial charge in [-0.25, -0.2) is 8.79 Å². The Labute approximate surface area is 195 Å². The minimum atomic E-state index is -1.47. The van der Waals surface area contributed by atoms with Crippen LogP contribution in [-0.2, 0) is 12.1 Å². The molecule has 1 atom stereocenters. The van der Waals surface area contributed by atoms with Crippen molar-refractivity contribution in [3.63, 3.8) is 0 Å². The number of aromatic nitrogens is 2. The van der Waals surface area contributed by atoms with Crippen LogP contribution < -0.4 is 10.9 Å². The number of halogens is 1. The minimum absolute atomic E-state index is 0.0311. The van der Waals surface area contributed by atoms with Crippen molar-refractivity contribution in [2.75, 3.05) is 26.2 Å². The van der Waals surface area contributed by atoms with Crippen LogP contribution in [0, 0.1) is 11.2 Å². The molecule has 10 heteroatoms. The van der Waals surface area contributed by atoms with E-state index in [-0.39, 0.29) is 24.2 Å². The summed E-state index contributed by atoms with van der Waals surface area (Å²) in [6.07, 6.45) is 8.41. The maximum absolute atomic E-state index is 14.7. The number of rotatable bonds is 5. The smallest absolute Gasteiger partial charge is 0.251 e. The highest BCUT2D eigenvalue weighted by Crippen LogP contribution is 2.37. The largest absolute Gasteiger partial charge is 0.382 e. The van der Waals surface area contributed by atoms with Gasteiger partial charge in [-0.3, -0.25) is 20.1 Å². The van der Waals surface area contributed by atoms with E-state index in [1.54, 1.807) is 18.2 Å². The van der Waals surface area contributed by atoms with E-state index < -0.39 is 11.4 Å². The van der Waals surface area contributed by atoms with Crippen molar-refractivity contribution in [3.8, 4) is 0 Å². The molecule has 172 valence electrons. The molecule has 0 radical (unpaired) electrons. The van der Waals surface area contributed by atoms with Crippen molar-refractivity contribution in [2.45, 2.75) is 31.0 Å². The summed E-state index contributed by atoms with van der Waals surface area (Å²) < 4.78 is 19.9. The molecule has 0 saturated carbocycles. The Kier molecular flexibility index (Phi) is 5.77. The molecular formula is C23H25FN6O2S. The highest BCUT2D eigenvalue weighted by molar-refractivity contribution is 7.79. The summed E-state index contributed by atoms with van der Waals surface area (Å²) in [5.41, 5.74) is 1.26. The normalized spacial score (nSPS) is 24.8. The summed E-state index contributed by atoms with van der Waals surface area (Å²) in [7, 11) is 0. The van der Waals surface area contributed by atoms with Gasteiger partial charge in [-0.05, 0) is 62.5 Å². The number of nitrogens with zero attached hydrogens (tertiary/aromatic N) is 4. The van der Waals surface area contributed by atoms with E-state index in [0.29, 0.717) is 35.0 Å². The van der Waals surface area contributed by atoms with Crippen LogP contribution in [0.25, 0.3) is 11.0 Å². The van der Waals surface area contributed by atoms with Gasteiger partial charge in [0.1, 0.15) is 11.4 Å². The molecule has 33 heavy (non-hydrogen) atoms. The van der Waals surface area contributed by atoms with Gasteiger partial charge in [0.15, 0.2) is 0 Å². The molecule has 8 nitrogen and oxygen atoms in total. The zero-order valence-corrected chi connectivity index (χ0v) is 18.9. The SMILES string of the molecule is N=C1C=C(CNC2CCN(C[C@]3(O)Cn4c(=O)ccc5ncc(F)c3c54)CC2)C=C/C1=N/S. The Morgan fingerprint density at radius 2 is 2.12 bits per heavy atom. The first-order valence-electron chi connectivity index (χ1n) is 10.9. The van der Waals surface area contributed by atoms with E-state index >= 15 is 0 Å². The van der Waals surface area contributed by atoms with Crippen LogP contribution in [0.1, 0.15) is 18.4 Å². The third-order valence-corrected chi connectivity index (χ3v) is 6.89. The average Bonchev–Trinajstić information content (AvgIpc) is 3.12. The van der Waals surface area contributed by atoms with E-state index in [2.05, 4.69) is 32.4 Å². The molecule has 3 N–H and O–H groups in total. The molecular weight excluding hydrogens is 443 g/mol. The fourth-order valence-corrected chi connectivity index (χ4v) is 5.19. The van der Waals surface area contributed by atoms with E-state index in [9.17, 15) is 14.3 Å². The molecule has 1 saturated heterocycles. The Hall–Kier alpha value is -2.66. The first-order valence-corrected chi connectivity index (χ1v) is 11.3. The van der Waals surface area contributed by atoms with Crippen molar-refractivity contribution in [2.24, 2.45) is 4.40 Å². The van der Waals surface area contributed by atoms with Gasteiger partial charge >= 0.3 is 0 Å². The number of allylic oxidation sites excluding steroid dienone is 2. The molecule has 0 aromatic carbocycles. The van der Waals surface area contributed by atoms with Gasteiger partial charge in [0.2, 0.25) is 0 Å². The van der Waals surface area contributed by atoms with Crippen LogP contribution in [0.5, 0.6) is 0 Å². The van der Waals surface area contributed by atoms with Gasteiger partial charge in [-0.15, -0.1) is 0 Å². The summed E-state index contributed by atoms with van der Waals surface area (Å²) in [6, 6.07) is 3.29. The fourth-order valence-electron chi connectivity index (χ4n) is 5.02. The zero-order valence-electron chi connectivity index (χ0n) is 18.0. The maximum atomic E-state index is 14.7. The molecule has 2 aromatic heterocycles. The van der Waals surface area contributed by atoms with E-state index in [4.69, 9.17) is 5.41 Å². The lowest BCUT2D eigenvalue weighted by Crippen LogP contribution is -2.49. The van der Waals surface area contributed by atoms with Crippen LogP contribution in [0.2, 0.25) is 0 Å². The third-order valence-electron chi connectivity index (χ3n) is 6.68. The topological polar surface area (TPSA) is 107 Å². The zero-order chi connectivity index (χ0) is 23.2. The van der Waals surface area contributed by atoms with Gasteiger partial charge in [-0.2, -0.15) is 0 Å². The van der Waals surface area contributed by atoms with Crippen LogP contribution in [0.4, 0.5) is 4.39 Å². The maximum Gasteiger partial charge on any atom is 0.251 e. The van der Waals surface area contributed by atoms with Crippen LogP contribution in [0.3, 0.4) is 0 Å². The summed E-state index contributed by atoms with van der Waals surface area (Å²) in [5, 5.41) is 22.9. The van der Waals surface area contributed by atoms with Gasteiger partial charge < -0.3 is 15.0 Å². The number of pyridine rings is 2. The molecule has 0 bridgehead atoms. The lowest BCUT2D eigenvalue weighted by atomic mass is 9.93. The molecule has 1 fully saturated rings. The number of nitrogens with one attached hydrogen (secondary N) is 2. The Morgan fingerprint density at radius 1 is 1.33 bits per heavy atom. The van der Waals surface area contributed by atoms with Gasteiger partial charge in [0, 0.05) is 25.2 Å². The first-order chi connectivity index (χ1) is 15.9. The highest BCUT2D eigenvalue weighted by atomic mass is 32.1. The summed E-state index contributed by atoms with van der Waals surface area (Å²) in [5.74, 6) is -0.580. The monoisotopic (exact) mass is 468 g/mol. The van der Waals surface area contributed by atoms with Crippen LogP contribution in [-0.4, -0.2) is 63.2 Å². The summed E-state index contributed by atoms with van der Waals surface area (Å²) >= 11 is 3.87. The van der Waals surface area contributed by atoms with Crippen LogP contribution in [0.15, 0.2) is 51.3 Å². The average molecular weight is 469 g/mol. The number of piperidine rings is 1. The first kappa shape index (κ1) is 22.1. The molecule has 0 unspecified atom stereocenters. The summed E-state index contributed by atoms with van der Waals surface area (Å²) in [4.78, 5) is 18.5. The van der Waals surface area contributed by atoms with Gasteiger partial charge in [0.05, 0.1) is 40.8 Å². The Balaban J connectivity index is 1.22. The number of aliphatic hydroxyl groups is 1. The third kappa shape index (κ3) is 4.08. The van der Waals surface area contributed by atoms with Gasteiger partial charge in [-0.1, -0.05) is 6.08 Å². The second-order valence-corrected chi connectivity index (χ2v) is 9.09. The number of hydrogen-bond donors (Lipinski definition) is 4. The quantitative estimate of drug-likeness (QED) is 0.394. The molecule has 3 aliphatic rings.